The van der Waals surface area contributed by atoms with Crippen LogP contribution in [0.15, 0.2) is 33.2 Å². The molecule has 0 spiro atoms. The van der Waals surface area contributed by atoms with Gasteiger partial charge in [-0.3, -0.25) is 4.79 Å². The average Bonchev–Trinajstić information content (AvgIpc) is 2.98. The van der Waals surface area contributed by atoms with Crippen LogP contribution >= 0.6 is 27.7 Å². The number of hydrogen-bond acceptors (Lipinski definition) is 5. The molecule has 2 heterocycles. The average molecular weight is 309 g/mol. The maximum atomic E-state index is 10.6. The van der Waals surface area contributed by atoms with Crippen LogP contribution in [0, 0.1) is 0 Å². The van der Waals surface area contributed by atoms with E-state index in [0.717, 1.165) is 32.8 Å². The predicted octanol–water partition coefficient (Wildman–Crippen LogP) is 3.53. The molecular formula is C11H5BrN2O2S. The van der Waals surface area contributed by atoms with E-state index in [0.29, 0.717) is 17.8 Å². The van der Waals surface area contributed by atoms with E-state index >= 15 is 0 Å². The summed E-state index contributed by atoms with van der Waals surface area (Å²) in [6.07, 6.45) is 0.679. The highest BCUT2D eigenvalue weighted by Gasteiger charge is 2.13. The summed E-state index contributed by atoms with van der Waals surface area (Å²) in [6.45, 7) is 0. The van der Waals surface area contributed by atoms with Gasteiger partial charge in [0.05, 0.1) is 11.7 Å². The maximum Gasteiger partial charge on any atom is 0.185 e. The number of aromatic nitrogens is 2. The molecule has 0 saturated heterocycles. The van der Waals surface area contributed by atoms with Crippen LogP contribution in [0.5, 0.6) is 0 Å². The fourth-order valence-corrected chi connectivity index (χ4v) is 2.70. The van der Waals surface area contributed by atoms with Gasteiger partial charge in [-0.25, -0.2) is 0 Å². The number of hydrogen-bond donors (Lipinski definition) is 0. The molecule has 0 aliphatic rings. The molecule has 4 nitrogen and oxygen atoms in total. The van der Waals surface area contributed by atoms with Gasteiger partial charge in [-0.05, 0) is 40.2 Å². The van der Waals surface area contributed by atoms with Gasteiger partial charge in [-0.1, -0.05) is 0 Å². The van der Waals surface area contributed by atoms with Crippen LogP contribution in [-0.2, 0) is 0 Å². The number of nitrogens with zero attached hydrogens (tertiary/aromatic N) is 2. The first kappa shape index (κ1) is 10.6. The number of furan rings is 1. The van der Waals surface area contributed by atoms with Crippen LogP contribution in [0.1, 0.15) is 10.6 Å². The minimum atomic E-state index is 0.305. The Labute approximate surface area is 109 Å². The van der Waals surface area contributed by atoms with Crippen LogP contribution in [0.25, 0.3) is 22.4 Å². The first-order chi connectivity index (χ1) is 8.29. The van der Waals surface area contributed by atoms with Gasteiger partial charge in [-0.15, -0.1) is 0 Å². The van der Waals surface area contributed by atoms with Crippen LogP contribution < -0.4 is 0 Å². The van der Waals surface area contributed by atoms with E-state index in [1.54, 1.807) is 12.1 Å². The van der Waals surface area contributed by atoms with Crippen LogP contribution in [0.4, 0.5) is 0 Å². The maximum absolute atomic E-state index is 10.6. The van der Waals surface area contributed by atoms with E-state index in [1.807, 2.05) is 12.1 Å². The first-order valence-corrected chi connectivity index (χ1v) is 6.28. The molecule has 0 bridgehead atoms. The minimum absolute atomic E-state index is 0.305. The summed E-state index contributed by atoms with van der Waals surface area (Å²) < 4.78 is 14.7. The van der Waals surface area contributed by atoms with Gasteiger partial charge in [0, 0.05) is 10.0 Å². The topological polar surface area (TPSA) is 56.0 Å². The zero-order valence-corrected chi connectivity index (χ0v) is 10.8. The van der Waals surface area contributed by atoms with Crippen LogP contribution in [0.3, 0.4) is 0 Å². The van der Waals surface area contributed by atoms with E-state index in [4.69, 9.17) is 4.42 Å². The molecule has 0 unspecified atom stereocenters. The van der Waals surface area contributed by atoms with E-state index in [-0.39, 0.29) is 0 Å². The monoisotopic (exact) mass is 308 g/mol. The van der Waals surface area contributed by atoms with E-state index in [2.05, 4.69) is 24.7 Å². The largest absolute Gasteiger partial charge is 0.453 e. The third kappa shape index (κ3) is 1.69. The quantitative estimate of drug-likeness (QED) is 0.680. The summed E-state index contributed by atoms with van der Waals surface area (Å²) in [5.41, 5.74) is 2.41. The lowest BCUT2D eigenvalue weighted by Crippen LogP contribution is -1.79. The molecule has 0 N–H and O–H groups in total. The van der Waals surface area contributed by atoms with Gasteiger partial charge < -0.3 is 4.42 Å². The molecule has 0 radical (unpaired) electrons. The van der Waals surface area contributed by atoms with Gasteiger partial charge in [0.25, 0.3) is 0 Å². The van der Waals surface area contributed by atoms with Gasteiger partial charge in [0.15, 0.2) is 12.0 Å². The molecule has 6 heteroatoms. The second-order valence-corrected chi connectivity index (χ2v) is 4.76. The highest BCUT2D eigenvalue weighted by Crippen LogP contribution is 2.32. The molecule has 0 aliphatic carbocycles. The molecule has 0 aliphatic heterocycles. The molecular weight excluding hydrogens is 304 g/mol. The van der Waals surface area contributed by atoms with E-state index < -0.39 is 0 Å². The number of halogens is 1. The number of fused-ring (bicyclic) bond motifs is 1. The van der Waals surface area contributed by atoms with Gasteiger partial charge in [0.2, 0.25) is 0 Å². The van der Waals surface area contributed by atoms with Crippen molar-refractivity contribution in [2.75, 3.05) is 0 Å². The summed E-state index contributed by atoms with van der Waals surface area (Å²) in [5, 5.41) is 0. The summed E-state index contributed by atoms with van der Waals surface area (Å²) in [4.78, 5) is 10.6. The third-order valence-corrected chi connectivity index (χ3v) is 3.54. The van der Waals surface area contributed by atoms with Crippen molar-refractivity contribution in [3.63, 3.8) is 0 Å². The molecule has 84 valence electrons. The zero-order valence-electron chi connectivity index (χ0n) is 8.38. The fourth-order valence-electron chi connectivity index (χ4n) is 1.60. The smallest absolute Gasteiger partial charge is 0.185 e. The zero-order chi connectivity index (χ0) is 11.8. The predicted molar refractivity (Wildman–Crippen MR) is 68.2 cm³/mol. The minimum Gasteiger partial charge on any atom is -0.453 e. The molecule has 3 aromatic rings. The highest BCUT2D eigenvalue weighted by molar-refractivity contribution is 9.10. The summed E-state index contributed by atoms with van der Waals surface area (Å²) in [5.74, 6) is 0.927. The molecule has 0 saturated carbocycles. The number of benzene rings is 1. The summed E-state index contributed by atoms with van der Waals surface area (Å²) >= 11 is 4.57. The SMILES string of the molecule is O=Cc1ccc(-c2ccc(Br)c3nsnc23)o1. The Morgan fingerprint density at radius 2 is 2.00 bits per heavy atom. The van der Waals surface area contributed by atoms with Crippen molar-refractivity contribution in [3.05, 3.63) is 34.5 Å². The van der Waals surface area contributed by atoms with Crippen molar-refractivity contribution in [2.24, 2.45) is 0 Å². The van der Waals surface area contributed by atoms with E-state index in [9.17, 15) is 4.79 Å². The second-order valence-electron chi connectivity index (χ2n) is 3.38. The van der Waals surface area contributed by atoms with Gasteiger partial charge in [0.1, 0.15) is 16.8 Å². The summed E-state index contributed by atoms with van der Waals surface area (Å²) in [6, 6.07) is 7.17. The fraction of sp³-hybridized carbons (Fsp3) is 0. The van der Waals surface area contributed by atoms with Gasteiger partial charge >= 0.3 is 0 Å². The number of carbonyl (C=O) groups excluding carboxylic acids is 1. The Morgan fingerprint density at radius 1 is 1.18 bits per heavy atom. The Hall–Kier alpha value is -1.53. The molecule has 17 heavy (non-hydrogen) atoms. The normalized spacial score (nSPS) is 10.9. The Bertz CT molecular complexity index is 704. The van der Waals surface area contributed by atoms with Crippen LogP contribution in [0.2, 0.25) is 0 Å². The Morgan fingerprint density at radius 3 is 2.76 bits per heavy atom. The lowest BCUT2D eigenvalue weighted by Gasteiger charge is -1.98. The van der Waals surface area contributed by atoms with E-state index in [1.165, 1.54) is 0 Å². The van der Waals surface area contributed by atoms with Crippen molar-refractivity contribution >= 4 is 45.0 Å². The molecule has 3 rings (SSSR count). The number of aldehydes is 1. The highest BCUT2D eigenvalue weighted by atomic mass is 79.9. The Kier molecular flexibility index (Phi) is 2.53. The lowest BCUT2D eigenvalue weighted by molar-refractivity contribution is 0.110. The van der Waals surface area contributed by atoms with Crippen molar-refractivity contribution in [2.45, 2.75) is 0 Å². The summed E-state index contributed by atoms with van der Waals surface area (Å²) in [7, 11) is 0. The van der Waals surface area contributed by atoms with Crippen molar-refractivity contribution in [1.29, 1.82) is 0 Å². The van der Waals surface area contributed by atoms with Crippen molar-refractivity contribution in [3.8, 4) is 11.3 Å². The first-order valence-electron chi connectivity index (χ1n) is 4.76. The standard InChI is InChI=1S/C11H5BrN2O2S/c12-8-3-2-7(10-11(8)14-17-13-10)9-4-1-6(5-15)16-9/h1-5H. The molecule has 0 amide bonds. The second kappa shape index (κ2) is 4.05. The molecule has 0 fully saturated rings. The number of carbonyl (C=O) groups is 1. The van der Waals surface area contributed by atoms with Crippen molar-refractivity contribution < 1.29 is 9.21 Å². The van der Waals surface area contributed by atoms with Crippen LogP contribution in [-0.4, -0.2) is 15.0 Å². The molecule has 2 aromatic heterocycles. The third-order valence-electron chi connectivity index (χ3n) is 2.37. The lowest BCUT2D eigenvalue weighted by atomic mass is 10.1. The molecule has 0 atom stereocenters. The van der Waals surface area contributed by atoms with Gasteiger partial charge in [-0.2, -0.15) is 8.75 Å². The van der Waals surface area contributed by atoms with Crippen molar-refractivity contribution in [1.82, 2.24) is 8.75 Å². The number of rotatable bonds is 2. The molecule has 1 aromatic carbocycles. The Balaban J connectivity index is 2.26.